The second-order valence-electron chi connectivity index (χ2n) is 10.5. The molecule has 1 saturated heterocycles. The van der Waals surface area contributed by atoms with Gasteiger partial charge in [0.05, 0.1) is 5.57 Å². The molecule has 1 atom stereocenters. The first-order valence-electron chi connectivity index (χ1n) is 13.4. The van der Waals surface area contributed by atoms with Crippen molar-refractivity contribution in [1.82, 2.24) is 14.3 Å². The minimum atomic E-state index is -3.75. The highest BCUT2D eigenvalue weighted by Crippen LogP contribution is 2.49. The van der Waals surface area contributed by atoms with Crippen molar-refractivity contribution < 1.29 is 21.6 Å². The van der Waals surface area contributed by atoms with Gasteiger partial charge in [-0.2, -0.15) is 4.31 Å². The van der Waals surface area contributed by atoms with E-state index in [1.807, 2.05) is 26.0 Å². The maximum Gasteiger partial charge on any atom is 0.260 e. The number of aromatic nitrogens is 2. The molecule has 0 radical (unpaired) electrons. The number of sulfonamides is 1. The summed E-state index contributed by atoms with van der Waals surface area (Å²) in [6.07, 6.45) is 4.53. The molecule has 1 aliphatic heterocycles. The molecule has 0 saturated carbocycles. The summed E-state index contributed by atoms with van der Waals surface area (Å²) in [4.78, 5) is 22.2. The topological polar surface area (TPSA) is 107 Å². The highest BCUT2D eigenvalue weighted by atomic mass is 32.2. The third-order valence-electron chi connectivity index (χ3n) is 7.69. The smallest absolute Gasteiger partial charge is 0.260 e. The number of ketones is 1. The zero-order valence-electron chi connectivity index (χ0n) is 23.2. The third kappa shape index (κ3) is 5.89. The summed E-state index contributed by atoms with van der Waals surface area (Å²) >= 11 is -1.94. The molecule has 5 rings (SSSR count). The highest BCUT2D eigenvalue weighted by molar-refractivity contribution is 7.89. The van der Waals surface area contributed by atoms with Gasteiger partial charge in [-0.25, -0.2) is 22.6 Å². The maximum absolute atomic E-state index is 14.0. The van der Waals surface area contributed by atoms with Crippen LogP contribution in [0.4, 0.5) is 0 Å². The Bertz CT molecular complexity index is 1680. The predicted molar refractivity (Wildman–Crippen MR) is 156 cm³/mol. The van der Waals surface area contributed by atoms with Crippen LogP contribution >= 0.6 is 0 Å². The van der Waals surface area contributed by atoms with Crippen molar-refractivity contribution in [3.63, 3.8) is 0 Å². The molecule has 212 valence electrons. The summed E-state index contributed by atoms with van der Waals surface area (Å²) in [6.45, 7) is 6.14. The van der Waals surface area contributed by atoms with Crippen molar-refractivity contribution in [3.8, 4) is 11.8 Å². The van der Waals surface area contributed by atoms with Crippen molar-refractivity contribution in [2.75, 3.05) is 13.1 Å². The molecule has 2 aromatic heterocycles. The summed E-state index contributed by atoms with van der Waals surface area (Å²) in [7, 11) is -3.75. The fourth-order valence-electron chi connectivity index (χ4n) is 5.77. The Morgan fingerprint density at radius 1 is 0.976 bits per heavy atom. The van der Waals surface area contributed by atoms with Crippen molar-refractivity contribution in [2.45, 2.75) is 56.5 Å². The molecule has 1 aliphatic carbocycles. The van der Waals surface area contributed by atoms with E-state index in [9.17, 15) is 17.4 Å². The molecule has 0 bridgehead atoms. The Kier molecular flexibility index (Phi) is 8.23. The average molecular weight is 590 g/mol. The Hall–Kier alpha value is -3.65. The standard InChI is InChI=1S/C31H31N3O5S2/c1-4-9-24-18-22(2)29(23(3)19-24)30-25(35)20-31(21-26(30)39-40(36)27-10-5-7-14-32-27)12-16-34(17-13-31)41(37,38)28-11-6-8-15-33-28/h5-8,10-11,14-15,18-19H,12-13,16-17,20-21H2,1-3H3. The van der Waals surface area contributed by atoms with Gasteiger partial charge in [0.2, 0.25) is 0 Å². The van der Waals surface area contributed by atoms with Gasteiger partial charge in [-0.3, -0.25) is 4.79 Å². The van der Waals surface area contributed by atoms with E-state index in [-0.39, 0.29) is 35.3 Å². The molecule has 0 N–H and O–H groups in total. The van der Waals surface area contributed by atoms with E-state index in [2.05, 4.69) is 21.8 Å². The van der Waals surface area contributed by atoms with E-state index in [1.54, 1.807) is 43.5 Å². The third-order valence-corrected chi connectivity index (χ3v) is 10.4. The van der Waals surface area contributed by atoms with Gasteiger partial charge >= 0.3 is 0 Å². The Balaban J connectivity index is 1.51. The number of nitrogens with zero attached hydrogens (tertiary/aromatic N) is 3. The average Bonchev–Trinajstić information content (AvgIpc) is 2.95. The van der Waals surface area contributed by atoms with Crippen LogP contribution in [0, 0.1) is 31.1 Å². The SMILES string of the molecule is CC#Cc1cc(C)c(C2=C(OS(=O)c3ccccn3)CC3(CCN(S(=O)(=O)c4ccccn4)CC3)CC2=O)c(C)c1. The van der Waals surface area contributed by atoms with Crippen LogP contribution in [0.15, 0.2) is 76.7 Å². The number of piperidine rings is 1. The van der Waals surface area contributed by atoms with Gasteiger partial charge < -0.3 is 4.18 Å². The minimum Gasteiger partial charge on any atom is -0.400 e. The molecular formula is C31H31N3O5S2. The lowest BCUT2D eigenvalue weighted by molar-refractivity contribution is -0.117. The molecule has 41 heavy (non-hydrogen) atoms. The lowest BCUT2D eigenvalue weighted by Gasteiger charge is -2.43. The second-order valence-corrected chi connectivity index (χ2v) is 13.4. The number of carbonyl (C=O) groups excluding carboxylic acids is 1. The zero-order valence-corrected chi connectivity index (χ0v) is 24.8. The lowest BCUT2D eigenvalue weighted by Crippen LogP contribution is -2.45. The van der Waals surface area contributed by atoms with Crippen LogP contribution in [-0.4, -0.2) is 45.8 Å². The van der Waals surface area contributed by atoms with Gasteiger partial charge in [0, 0.05) is 43.9 Å². The number of pyridine rings is 2. The number of hydrogen-bond acceptors (Lipinski definition) is 7. The van der Waals surface area contributed by atoms with Gasteiger partial charge in [-0.1, -0.05) is 18.1 Å². The molecule has 0 amide bonds. The van der Waals surface area contributed by atoms with Crippen molar-refractivity contribution in [2.24, 2.45) is 5.41 Å². The van der Waals surface area contributed by atoms with Gasteiger partial charge in [0.1, 0.15) is 5.76 Å². The number of rotatable bonds is 6. The van der Waals surface area contributed by atoms with Crippen LogP contribution in [0.3, 0.4) is 0 Å². The molecule has 1 spiro atoms. The molecule has 1 fully saturated rings. The largest absolute Gasteiger partial charge is 0.400 e. The predicted octanol–water partition coefficient (Wildman–Crippen LogP) is 4.75. The first-order valence-corrected chi connectivity index (χ1v) is 15.9. The number of aryl methyl sites for hydroxylation is 2. The summed E-state index contributed by atoms with van der Waals surface area (Å²) < 4.78 is 47.2. The molecule has 2 aliphatic rings. The Morgan fingerprint density at radius 3 is 2.22 bits per heavy atom. The highest BCUT2D eigenvalue weighted by Gasteiger charge is 2.46. The maximum atomic E-state index is 14.0. The normalized spacial score (nSPS) is 18.1. The number of benzene rings is 1. The van der Waals surface area contributed by atoms with Crippen LogP contribution < -0.4 is 0 Å². The van der Waals surface area contributed by atoms with Crippen molar-refractivity contribution in [1.29, 1.82) is 0 Å². The molecule has 8 nitrogen and oxygen atoms in total. The monoisotopic (exact) mass is 589 g/mol. The molecule has 1 unspecified atom stereocenters. The van der Waals surface area contributed by atoms with E-state index in [4.69, 9.17) is 4.18 Å². The van der Waals surface area contributed by atoms with Gasteiger partial charge in [0.25, 0.3) is 21.1 Å². The van der Waals surface area contributed by atoms with Crippen LogP contribution in [-0.2, 0) is 30.1 Å². The fourth-order valence-corrected chi connectivity index (χ4v) is 7.89. The molecule has 3 heterocycles. The van der Waals surface area contributed by atoms with E-state index >= 15 is 0 Å². The first-order chi connectivity index (χ1) is 19.6. The van der Waals surface area contributed by atoms with Crippen LogP contribution in [0.2, 0.25) is 0 Å². The molecule has 1 aromatic carbocycles. The van der Waals surface area contributed by atoms with Crippen LogP contribution in [0.1, 0.15) is 54.9 Å². The van der Waals surface area contributed by atoms with Crippen LogP contribution in [0.5, 0.6) is 0 Å². The number of Topliss-reactive ketones (excluding diaryl/α,β-unsaturated/α-hetero) is 1. The summed E-state index contributed by atoms with van der Waals surface area (Å²) in [5.41, 5.74) is 3.28. The summed E-state index contributed by atoms with van der Waals surface area (Å²) in [6, 6.07) is 13.8. The summed E-state index contributed by atoms with van der Waals surface area (Å²) in [5.74, 6) is 6.23. The van der Waals surface area contributed by atoms with E-state index in [1.165, 1.54) is 16.6 Å². The van der Waals surface area contributed by atoms with E-state index in [0.717, 1.165) is 22.3 Å². The number of hydrogen-bond donors (Lipinski definition) is 0. The van der Waals surface area contributed by atoms with E-state index < -0.39 is 26.5 Å². The molecule has 3 aromatic rings. The van der Waals surface area contributed by atoms with Gasteiger partial charge in [-0.05, 0) is 92.1 Å². The van der Waals surface area contributed by atoms with Crippen molar-refractivity contribution in [3.05, 3.63) is 88.9 Å². The Morgan fingerprint density at radius 2 is 1.63 bits per heavy atom. The molecular weight excluding hydrogens is 558 g/mol. The fraction of sp³-hybridized carbons (Fsp3) is 0.323. The zero-order chi connectivity index (χ0) is 29.2. The van der Waals surface area contributed by atoms with E-state index in [0.29, 0.717) is 30.6 Å². The van der Waals surface area contributed by atoms with Crippen molar-refractivity contribution >= 4 is 32.5 Å². The first kappa shape index (κ1) is 28.9. The number of carbonyl (C=O) groups is 1. The quantitative estimate of drug-likeness (QED) is 0.382. The lowest BCUT2D eigenvalue weighted by atomic mass is 9.67. The minimum absolute atomic E-state index is 0.00907. The van der Waals surface area contributed by atoms with Crippen LogP contribution in [0.25, 0.3) is 5.57 Å². The molecule has 10 heteroatoms. The number of allylic oxidation sites excluding steroid dienone is 2. The Labute approximate surface area is 243 Å². The van der Waals surface area contributed by atoms with Gasteiger partial charge in [-0.15, -0.1) is 5.92 Å². The second kappa shape index (κ2) is 11.7. The summed E-state index contributed by atoms with van der Waals surface area (Å²) in [5, 5.41) is 0.263. The van der Waals surface area contributed by atoms with Gasteiger partial charge in [0.15, 0.2) is 15.8 Å².